The third-order valence-corrected chi connectivity index (χ3v) is 13.7. The topological polar surface area (TPSA) is 192 Å². The van der Waals surface area contributed by atoms with Crippen molar-refractivity contribution in [2.75, 3.05) is 27.3 Å². The first-order valence-corrected chi connectivity index (χ1v) is 23.3. The fraction of sp³-hybridized carbons (Fsp3) is 0.235. The van der Waals surface area contributed by atoms with Crippen LogP contribution in [-0.4, -0.2) is 90.4 Å². The van der Waals surface area contributed by atoms with Crippen LogP contribution in [0.25, 0.3) is 49.2 Å². The number of aromatic amines is 2. The summed E-state index contributed by atoms with van der Waals surface area (Å²) in [7, 11) is 2.56. The van der Waals surface area contributed by atoms with E-state index in [9.17, 15) is 19.2 Å². The van der Waals surface area contributed by atoms with Crippen LogP contribution in [-0.2, 0) is 19.1 Å². The molecular weight excluding hydrogens is 881 g/mol. The smallest absolute Gasteiger partial charge is 0.407 e. The number of rotatable bonds is 12. The van der Waals surface area contributed by atoms with Crippen molar-refractivity contribution in [3.63, 3.8) is 0 Å². The minimum Gasteiger partial charge on any atom is -0.453 e. The maximum absolute atomic E-state index is 13.9. The number of hydrogen-bond donors (Lipinski definition) is 4. The molecule has 0 bridgehead atoms. The van der Waals surface area contributed by atoms with Crippen LogP contribution in [0.2, 0.25) is 0 Å². The van der Waals surface area contributed by atoms with Gasteiger partial charge in [-0.3, -0.25) is 14.0 Å². The lowest BCUT2D eigenvalue weighted by atomic mass is 10.1. The molecule has 17 heteroatoms. The molecule has 344 valence electrons. The quantitative estimate of drug-likeness (QED) is 0.0926. The number of nitrogens with zero attached hydrogens (tertiary/aromatic N) is 6. The molecule has 4 amide bonds. The lowest BCUT2D eigenvalue weighted by molar-refractivity contribution is -0.135. The fourth-order valence-corrected chi connectivity index (χ4v) is 10.2. The highest BCUT2D eigenvalue weighted by Crippen LogP contribution is 2.37. The number of carbonyl (C=O) groups excluding carboxylic acids is 4. The van der Waals surface area contributed by atoms with E-state index in [1.54, 1.807) is 33.5 Å². The van der Waals surface area contributed by atoms with E-state index in [1.807, 2.05) is 91.1 Å². The van der Waals surface area contributed by atoms with E-state index in [4.69, 9.17) is 24.4 Å². The highest BCUT2D eigenvalue weighted by Gasteiger charge is 2.38. The van der Waals surface area contributed by atoms with Gasteiger partial charge in [-0.2, -0.15) is 0 Å². The van der Waals surface area contributed by atoms with Gasteiger partial charge < -0.3 is 39.9 Å². The predicted molar refractivity (Wildman–Crippen MR) is 256 cm³/mol. The van der Waals surface area contributed by atoms with Crippen LogP contribution < -0.4 is 10.6 Å². The van der Waals surface area contributed by atoms with Crippen LogP contribution >= 0.6 is 11.3 Å². The Morgan fingerprint density at radius 3 is 1.53 bits per heavy atom. The largest absolute Gasteiger partial charge is 0.453 e. The van der Waals surface area contributed by atoms with E-state index in [1.165, 1.54) is 14.2 Å². The van der Waals surface area contributed by atoms with Gasteiger partial charge in [0, 0.05) is 31.0 Å². The number of nitrogens with one attached hydrogen (secondary N) is 4. The number of alkyl carbamates (subject to hydrolysis) is 2. The van der Waals surface area contributed by atoms with Crippen molar-refractivity contribution < 1.29 is 28.7 Å². The van der Waals surface area contributed by atoms with Crippen LogP contribution in [0.15, 0.2) is 134 Å². The van der Waals surface area contributed by atoms with Crippen LogP contribution in [0.1, 0.15) is 72.6 Å². The number of aromatic nitrogens is 6. The zero-order chi connectivity index (χ0) is 46.7. The Bertz CT molecular complexity index is 2840. The molecule has 68 heavy (non-hydrogen) atoms. The molecule has 2 saturated heterocycles. The number of imidazole rings is 3. The van der Waals surface area contributed by atoms with Gasteiger partial charge >= 0.3 is 12.2 Å². The first-order chi connectivity index (χ1) is 33.2. The second-order valence-corrected chi connectivity index (χ2v) is 17.8. The van der Waals surface area contributed by atoms with Gasteiger partial charge in [-0.05, 0) is 53.5 Å². The number of amides is 4. The maximum atomic E-state index is 13.9. The number of ether oxygens (including phenoxy) is 2. The molecule has 10 rings (SSSR count). The number of benzene rings is 4. The average Bonchev–Trinajstić information content (AvgIpc) is 4.25. The molecule has 2 aliphatic rings. The third kappa shape index (κ3) is 8.82. The van der Waals surface area contributed by atoms with Crippen molar-refractivity contribution >= 4 is 40.3 Å². The van der Waals surface area contributed by atoms with Gasteiger partial charge in [0.05, 0.1) is 60.7 Å². The minimum atomic E-state index is -0.885. The van der Waals surface area contributed by atoms with Crippen LogP contribution in [0.3, 0.4) is 0 Å². The third-order valence-electron chi connectivity index (χ3n) is 12.7. The van der Waals surface area contributed by atoms with Crippen molar-refractivity contribution in [1.82, 2.24) is 49.8 Å². The number of likely N-dealkylation sites (tertiary alicyclic amines) is 2. The number of hydrogen-bond acceptors (Lipinski definition) is 10. The highest BCUT2D eigenvalue weighted by molar-refractivity contribution is 7.20. The summed E-state index contributed by atoms with van der Waals surface area (Å²) < 4.78 is 11.7. The Kier molecular flexibility index (Phi) is 12.3. The number of carbonyl (C=O) groups is 4. The average molecular weight is 929 g/mol. The Labute approximate surface area is 395 Å². The van der Waals surface area contributed by atoms with E-state index in [0.29, 0.717) is 35.9 Å². The maximum Gasteiger partial charge on any atom is 0.407 e. The van der Waals surface area contributed by atoms with Crippen molar-refractivity contribution in [1.29, 1.82) is 0 Å². The number of fused-ring (bicyclic) bond motifs is 1. The number of H-pyrrole nitrogens is 2. The molecule has 1 unspecified atom stereocenters. The van der Waals surface area contributed by atoms with Crippen molar-refractivity contribution in [2.24, 2.45) is 0 Å². The van der Waals surface area contributed by atoms with Gasteiger partial charge in [0.1, 0.15) is 23.7 Å². The summed E-state index contributed by atoms with van der Waals surface area (Å²) in [6, 6.07) is 32.5. The van der Waals surface area contributed by atoms with E-state index in [2.05, 4.69) is 55.5 Å². The lowest BCUT2D eigenvalue weighted by Crippen LogP contribution is -2.42. The fourth-order valence-electron chi connectivity index (χ4n) is 9.19. The summed E-state index contributed by atoms with van der Waals surface area (Å²) in [5.74, 6) is 0.968. The van der Waals surface area contributed by atoms with Gasteiger partial charge in [-0.1, -0.05) is 121 Å². The summed E-state index contributed by atoms with van der Waals surface area (Å²) in [5, 5.41) is 5.43. The zero-order valence-electron chi connectivity index (χ0n) is 37.3. The molecule has 4 aromatic heterocycles. The standard InChI is InChI=1S/C51H48N10O6S/c1-66-50(64)57-43(35-11-5-3-6-12-35)47(62)60-25-9-15-40(60)45-52-27-37(54-45)31-17-19-33(20-18-31)39-29-59-30-42(68-49(59)56-39)34-23-21-32(22-24-34)38-28-53-46(55-38)41-16-10-26-61(41)48(63)44(58-51(65)67-2)36-13-7-4-8-14-36/h3-8,11-14,17-24,27-30,40-41,43-44H,9-10,15-16,25-26H2,1-2H3,(H,52,54)(H,53,55)(H,57,64)(H,58,65)/t40?,41-,43+,44+/m0/s1. The van der Waals surface area contributed by atoms with Crippen molar-refractivity contribution in [3.8, 4) is 44.2 Å². The molecule has 4 aromatic carbocycles. The molecule has 0 spiro atoms. The summed E-state index contributed by atoms with van der Waals surface area (Å²) in [5.41, 5.74) is 7.85. The van der Waals surface area contributed by atoms with Crippen LogP contribution in [0, 0.1) is 0 Å². The summed E-state index contributed by atoms with van der Waals surface area (Å²) in [6.45, 7) is 1.10. The van der Waals surface area contributed by atoms with Gasteiger partial charge in [0.25, 0.3) is 11.8 Å². The normalized spacial score (nSPS) is 16.7. The van der Waals surface area contributed by atoms with Crippen LogP contribution in [0.4, 0.5) is 9.59 Å². The first-order valence-electron chi connectivity index (χ1n) is 22.4. The second-order valence-electron chi connectivity index (χ2n) is 16.8. The summed E-state index contributed by atoms with van der Waals surface area (Å²) >= 11 is 1.61. The van der Waals surface area contributed by atoms with E-state index >= 15 is 0 Å². The number of methoxy groups -OCH3 is 2. The molecule has 16 nitrogen and oxygen atoms in total. The van der Waals surface area contributed by atoms with Gasteiger partial charge in [-0.25, -0.2) is 24.5 Å². The molecule has 2 aliphatic heterocycles. The zero-order valence-corrected chi connectivity index (χ0v) is 38.1. The lowest BCUT2D eigenvalue weighted by Gasteiger charge is -2.28. The number of thiazole rings is 1. The Hall–Kier alpha value is -8.05. The van der Waals surface area contributed by atoms with Gasteiger partial charge in [-0.15, -0.1) is 0 Å². The van der Waals surface area contributed by atoms with Gasteiger partial charge in [0.2, 0.25) is 0 Å². The van der Waals surface area contributed by atoms with E-state index in [0.717, 1.165) is 74.9 Å². The highest BCUT2D eigenvalue weighted by atomic mass is 32.1. The summed E-state index contributed by atoms with van der Waals surface area (Å²) in [6.07, 6.45) is 9.51. The molecule has 0 aliphatic carbocycles. The predicted octanol–water partition coefficient (Wildman–Crippen LogP) is 9.03. The first kappa shape index (κ1) is 43.8. The Morgan fingerprint density at radius 1 is 0.618 bits per heavy atom. The molecule has 0 saturated carbocycles. The molecule has 4 N–H and O–H groups in total. The Balaban J connectivity index is 0.788. The van der Waals surface area contributed by atoms with Crippen molar-refractivity contribution in [3.05, 3.63) is 157 Å². The second kappa shape index (κ2) is 19.0. The van der Waals surface area contributed by atoms with E-state index in [-0.39, 0.29) is 23.9 Å². The summed E-state index contributed by atoms with van der Waals surface area (Å²) in [4.78, 5) is 79.2. The molecular formula is C51H48N10O6S. The minimum absolute atomic E-state index is 0.213. The molecule has 8 aromatic rings. The molecule has 0 radical (unpaired) electrons. The van der Waals surface area contributed by atoms with Gasteiger partial charge in [0.15, 0.2) is 4.96 Å². The SMILES string of the molecule is COC(=O)N[C@@H](C(=O)N1CCCC1c1ncc(-c2ccc(-c3cn4cc(-c5ccc(-c6cnc([C@@H]7CCCN7C(=O)[C@H](NC(=O)OC)c7ccccc7)[nH]6)cc5)sc4n3)cc2)[nH]1)c1ccccc1. The molecule has 6 heterocycles. The van der Waals surface area contributed by atoms with E-state index < -0.39 is 24.3 Å². The molecule has 4 atom stereocenters. The monoisotopic (exact) mass is 928 g/mol. The van der Waals surface area contributed by atoms with Crippen molar-refractivity contribution in [2.45, 2.75) is 49.9 Å². The molecule has 2 fully saturated rings. The van der Waals surface area contributed by atoms with Crippen LogP contribution in [0.5, 0.6) is 0 Å². The Morgan fingerprint density at radius 2 is 1.07 bits per heavy atom.